The fraction of sp³-hybridized carbons (Fsp3) is 0.389. The van der Waals surface area contributed by atoms with E-state index >= 15 is 0 Å². The molecule has 0 spiro atoms. The summed E-state index contributed by atoms with van der Waals surface area (Å²) in [6.45, 7) is 5.31. The number of hydrogen-bond acceptors (Lipinski definition) is 2. The van der Waals surface area contributed by atoms with Gasteiger partial charge in [0.1, 0.15) is 11.6 Å². The predicted molar refractivity (Wildman–Crippen MR) is 107 cm³/mol. The molecule has 2 aromatic rings. The van der Waals surface area contributed by atoms with Crippen LogP contribution in [0.15, 0.2) is 52.1 Å². The van der Waals surface area contributed by atoms with Crippen molar-refractivity contribution in [3.63, 3.8) is 0 Å². The quantitative estimate of drug-likeness (QED) is 0.405. The molecular formula is C18H25FIN3O. The van der Waals surface area contributed by atoms with Gasteiger partial charge in [-0.1, -0.05) is 32.0 Å². The van der Waals surface area contributed by atoms with Crippen molar-refractivity contribution in [3.8, 4) is 0 Å². The lowest BCUT2D eigenvalue weighted by atomic mass is 9.84. The Kier molecular flexibility index (Phi) is 8.24. The maximum Gasteiger partial charge on any atom is 0.191 e. The summed E-state index contributed by atoms with van der Waals surface area (Å²) in [7, 11) is 1.72. The molecular weight excluding hydrogens is 420 g/mol. The highest BCUT2D eigenvalue weighted by atomic mass is 127. The molecule has 1 heterocycles. The van der Waals surface area contributed by atoms with Crippen LogP contribution >= 0.6 is 24.0 Å². The van der Waals surface area contributed by atoms with Crippen LogP contribution in [0.25, 0.3) is 0 Å². The van der Waals surface area contributed by atoms with Crippen LogP contribution in [0.5, 0.6) is 0 Å². The van der Waals surface area contributed by atoms with E-state index in [0.717, 1.165) is 12.2 Å². The molecule has 6 heteroatoms. The Morgan fingerprint density at radius 3 is 2.54 bits per heavy atom. The van der Waals surface area contributed by atoms with Crippen molar-refractivity contribution in [2.75, 3.05) is 20.1 Å². The van der Waals surface area contributed by atoms with E-state index in [0.29, 0.717) is 24.6 Å². The Balaban J connectivity index is 0.00000288. The number of nitrogens with one attached hydrogen (secondary N) is 2. The lowest BCUT2D eigenvalue weighted by molar-refractivity contribution is 0.472. The molecule has 0 saturated heterocycles. The van der Waals surface area contributed by atoms with E-state index in [4.69, 9.17) is 4.42 Å². The highest BCUT2D eigenvalue weighted by Gasteiger charge is 2.24. The molecule has 0 aliphatic heterocycles. The van der Waals surface area contributed by atoms with Gasteiger partial charge in [0.25, 0.3) is 0 Å². The molecule has 0 unspecified atom stereocenters. The van der Waals surface area contributed by atoms with Crippen molar-refractivity contribution >= 4 is 29.9 Å². The summed E-state index contributed by atoms with van der Waals surface area (Å²) >= 11 is 0. The van der Waals surface area contributed by atoms with E-state index in [2.05, 4.69) is 15.6 Å². The van der Waals surface area contributed by atoms with Crippen LogP contribution in [0, 0.1) is 5.82 Å². The van der Waals surface area contributed by atoms with Crippen molar-refractivity contribution in [2.45, 2.75) is 25.7 Å². The first kappa shape index (κ1) is 20.5. The molecule has 0 atom stereocenters. The smallest absolute Gasteiger partial charge is 0.191 e. The highest BCUT2D eigenvalue weighted by molar-refractivity contribution is 14.0. The van der Waals surface area contributed by atoms with Gasteiger partial charge >= 0.3 is 0 Å². The van der Waals surface area contributed by atoms with Gasteiger partial charge in [-0.25, -0.2) is 4.39 Å². The van der Waals surface area contributed by atoms with Crippen LogP contribution in [0.3, 0.4) is 0 Å². The molecule has 0 fully saturated rings. The zero-order valence-electron chi connectivity index (χ0n) is 14.3. The fourth-order valence-corrected chi connectivity index (χ4v) is 2.39. The number of rotatable bonds is 6. The minimum absolute atomic E-state index is 0. The van der Waals surface area contributed by atoms with E-state index in [9.17, 15) is 4.39 Å². The number of aliphatic imine (C=N–C) groups is 1. The molecule has 0 aliphatic carbocycles. The maximum absolute atomic E-state index is 14.0. The van der Waals surface area contributed by atoms with Gasteiger partial charge in [0.15, 0.2) is 5.96 Å². The second kappa shape index (κ2) is 9.66. The highest BCUT2D eigenvalue weighted by Crippen LogP contribution is 2.24. The molecule has 0 aliphatic rings. The van der Waals surface area contributed by atoms with Gasteiger partial charge in [-0.15, -0.1) is 24.0 Å². The fourth-order valence-electron chi connectivity index (χ4n) is 2.39. The normalized spacial score (nSPS) is 11.8. The van der Waals surface area contributed by atoms with Crippen LogP contribution in [0.4, 0.5) is 4.39 Å². The molecule has 1 aromatic carbocycles. The largest absolute Gasteiger partial charge is 0.469 e. The minimum Gasteiger partial charge on any atom is -0.469 e. The summed E-state index contributed by atoms with van der Waals surface area (Å²) in [6, 6.07) is 10.7. The molecule has 2 N–H and O–H groups in total. The van der Waals surface area contributed by atoms with Gasteiger partial charge in [0.05, 0.1) is 6.26 Å². The van der Waals surface area contributed by atoms with Crippen molar-refractivity contribution < 1.29 is 8.81 Å². The standard InChI is InChI=1S/C18H24FN3O.HI/c1-18(2,15-8-4-5-9-16(15)19)13-22-17(20-3)21-11-10-14-7-6-12-23-14;/h4-9,12H,10-11,13H2,1-3H3,(H2,20,21,22);1H. The average Bonchev–Trinajstić information content (AvgIpc) is 3.04. The zero-order valence-corrected chi connectivity index (χ0v) is 16.6. The van der Waals surface area contributed by atoms with Gasteiger partial charge in [-0.3, -0.25) is 4.99 Å². The van der Waals surface area contributed by atoms with Crippen molar-refractivity contribution in [3.05, 3.63) is 59.8 Å². The lowest BCUT2D eigenvalue weighted by Gasteiger charge is -2.27. The minimum atomic E-state index is -0.343. The molecule has 2 rings (SSSR count). The third-order valence-electron chi connectivity index (χ3n) is 3.77. The first-order valence-electron chi connectivity index (χ1n) is 7.75. The predicted octanol–water partition coefficient (Wildman–Crippen LogP) is 3.72. The van der Waals surface area contributed by atoms with Gasteiger partial charge in [-0.2, -0.15) is 0 Å². The number of hydrogen-bond donors (Lipinski definition) is 2. The summed E-state index contributed by atoms with van der Waals surface area (Å²) in [5.41, 5.74) is 0.350. The molecule has 0 saturated carbocycles. The van der Waals surface area contributed by atoms with E-state index < -0.39 is 0 Å². The van der Waals surface area contributed by atoms with Gasteiger partial charge in [0, 0.05) is 32.0 Å². The molecule has 0 radical (unpaired) electrons. The average molecular weight is 445 g/mol. The summed E-state index contributed by atoms with van der Waals surface area (Å²) in [5.74, 6) is 1.45. The Bertz CT molecular complexity index is 641. The van der Waals surface area contributed by atoms with E-state index in [1.165, 1.54) is 6.07 Å². The van der Waals surface area contributed by atoms with E-state index in [1.807, 2.05) is 38.1 Å². The monoisotopic (exact) mass is 445 g/mol. The number of nitrogens with zero attached hydrogens (tertiary/aromatic N) is 1. The van der Waals surface area contributed by atoms with Crippen molar-refractivity contribution in [1.82, 2.24) is 10.6 Å². The molecule has 0 bridgehead atoms. The van der Waals surface area contributed by atoms with Crippen molar-refractivity contribution in [1.29, 1.82) is 0 Å². The Morgan fingerprint density at radius 2 is 1.92 bits per heavy atom. The molecule has 132 valence electrons. The Hall–Kier alpha value is -1.57. The van der Waals surface area contributed by atoms with Crippen LogP contribution in [-0.4, -0.2) is 26.1 Å². The van der Waals surface area contributed by atoms with Gasteiger partial charge in [-0.05, 0) is 23.8 Å². The number of furan rings is 1. The number of benzene rings is 1. The topological polar surface area (TPSA) is 49.6 Å². The lowest BCUT2D eigenvalue weighted by Crippen LogP contribution is -2.44. The van der Waals surface area contributed by atoms with Crippen LogP contribution in [0.2, 0.25) is 0 Å². The van der Waals surface area contributed by atoms with Gasteiger partial charge < -0.3 is 15.1 Å². The third kappa shape index (κ3) is 5.81. The third-order valence-corrected chi connectivity index (χ3v) is 3.77. The van der Waals surface area contributed by atoms with E-state index in [-0.39, 0.29) is 35.2 Å². The summed E-state index contributed by atoms with van der Waals surface area (Å²) < 4.78 is 19.3. The molecule has 4 nitrogen and oxygen atoms in total. The number of guanidine groups is 1. The summed E-state index contributed by atoms with van der Waals surface area (Å²) in [5, 5.41) is 6.49. The summed E-state index contributed by atoms with van der Waals surface area (Å²) in [4.78, 5) is 4.20. The number of halogens is 2. The summed E-state index contributed by atoms with van der Waals surface area (Å²) in [6.07, 6.45) is 2.45. The zero-order chi connectivity index (χ0) is 16.7. The van der Waals surface area contributed by atoms with Crippen LogP contribution < -0.4 is 10.6 Å². The molecule has 0 amide bonds. The molecule has 24 heavy (non-hydrogen) atoms. The maximum atomic E-state index is 14.0. The van der Waals surface area contributed by atoms with Crippen LogP contribution in [0.1, 0.15) is 25.2 Å². The Morgan fingerprint density at radius 1 is 1.17 bits per heavy atom. The SMILES string of the molecule is CN=C(NCCc1ccco1)NCC(C)(C)c1ccccc1F.I. The van der Waals surface area contributed by atoms with Gasteiger partial charge in [0.2, 0.25) is 0 Å². The van der Waals surface area contributed by atoms with Crippen molar-refractivity contribution in [2.24, 2.45) is 4.99 Å². The first-order chi connectivity index (χ1) is 11.0. The molecule has 1 aromatic heterocycles. The Labute approximate surface area is 160 Å². The first-order valence-corrected chi connectivity index (χ1v) is 7.75. The second-order valence-corrected chi connectivity index (χ2v) is 6.05. The van der Waals surface area contributed by atoms with Crippen LogP contribution in [-0.2, 0) is 11.8 Å². The second-order valence-electron chi connectivity index (χ2n) is 6.05. The van der Waals surface area contributed by atoms with E-state index in [1.54, 1.807) is 19.4 Å².